The summed E-state index contributed by atoms with van der Waals surface area (Å²) in [6.45, 7) is 0. The first-order valence-electron chi connectivity index (χ1n) is 7.68. The van der Waals surface area contributed by atoms with E-state index in [0.29, 0.717) is 5.69 Å². The van der Waals surface area contributed by atoms with Gasteiger partial charge in [0, 0.05) is 29.2 Å². The largest absolute Gasteiger partial charge is 0.550 e. The Morgan fingerprint density at radius 2 is 1.91 bits per heavy atom. The van der Waals surface area contributed by atoms with Crippen LogP contribution in [0.25, 0.3) is 10.9 Å². The van der Waals surface area contributed by atoms with Crippen LogP contribution in [-0.2, 0) is 9.59 Å². The SMILES string of the molecule is O=C([O-])[C@@H]1[C@H](C(=O)Nc2ccc3ncccc3c2)[C@H]2C=C[C@H]1C2. The van der Waals surface area contributed by atoms with Crippen molar-refractivity contribution >= 4 is 28.5 Å². The summed E-state index contributed by atoms with van der Waals surface area (Å²) in [7, 11) is 0. The van der Waals surface area contributed by atoms with Crippen molar-refractivity contribution in [3.63, 3.8) is 0 Å². The normalized spacial score (nSPS) is 28.2. The fourth-order valence-electron chi connectivity index (χ4n) is 3.88. The zero-order valence-corrected chi connectivity index (χ0v) is 12.3. The van der Waals surface area contributed by atoms with E-state index in [4.69, 9.17) is 0 Å². The number of carboxylic acids is 1. The average Bonchev–Trinajstić information content (AvgIpc) is 3.15. The van der Waals surface area contributed by atoms with Crippen LogP contribution < -0.4 is 10.4 Å². The summed E-state index contributed by atoms with van der Waals surface area (Å²) in [4.78, 5) is 28.2. The maximum atomic E-state index is 12.6. The number of carbonyl (C=O) groups is 2. The Morgan fingerprint density at radius 3 is 2.70 bits per heavy atom. The van der Waals surface area contributed by atoms with Crippen molar-refractivity contribution in [3.05, 3.63) is 48.7 Å². The third-order valence-corrected chi connectivity index (χ3v) is 4.90. The first-order chi connectivity index (χ1) is 11.1. The number of carbonyl (C=O) groups excluding carboxylic acids is 2. The monoisotopic (exact) mass is 307 g/mol. The first-order valence-corrected chi connectivity index (χ1v) is 7.68. The van der Waals surface area contributed by atoms with Gasteiger partial charge in [0.2, 0.25) is 5.91 Å². The van der Waals surface area contributed by atoms with Gasteiger partial charge in [0.25, 0.3) is 0 Å². The Morgan fingerprint density at radius 1 is 1.13 bits per heavy atom. The van der Waals surface area contributed by atoms with Gasteiger partial charge in [-0.1, -0.05) is 18.2 Å². The lowest BCUT2D eigenvalue weighted by molar-refractivity contribution is -0.313. The van der Waals surface area contributed by atoms with Gasteiger partial charge in [-0.25, -0.2) is 0 Å². The summed E-state index contributed by atoms with van der Waals surface area (Å²) in [5.74, 6) is -2.76. The molecule has 1 fully saturated rings. The van der Waals surface area contributed by atoms with Gasteiger partial charge in [0.15, 0.2) is 0 Å². The van der Waals surface area contributed by atoms with Crippen LogP contribution in [0.1, 0.15) is 6.42 Å². The molecule has 1 heterocycles. The number of rotatable bonds is 3. The maximum Gasteiger partial charge on any atom is 0.228 e. The van der Waals surface area contributed by atoms with Gasteiger partial charge in [-0.05, 0) is 42.5 Å². The number of nitrogens with zero attached hydrogens (tertiary/aromatic N) is 1. The topological polar surface area (TPSA) is 82.1 Å². The highest BCUT2D eigenvalue weighted by molar-refractivity contribution is 5.97. The Kier molecular flexibility index (Phi) is 3.15. The summed E-state index contributed by atoms with van der Waals surface area (Å²) in [5.41, 5.74) is 1.50. The summed E-state index contributed by atoms with van der Waals surface area (Å²) in [5, 5.41) is 15.2. The Balaban J connectivity index is 1.59. The number of benzene rings is 1. The van der Waals surface area contributed by atoms with Gasteiger partial charge in [-0.15, -0.1) is 0 Å². The van der Waals surface area contributed by atoms with Crippen molar-refractivity contribution in [2.45, 2.75) is 6.42 Å². The van der Waals surface area contributed by atoms with E-state index in [0.717, 1.165) is 17.3 Å². The molecule has 2 aliphatic carbocycles. The van der Waals surface area contributed by atoms with E-state index in [9.17, 15) is 14.7 Å². The van der Waals surface area contributed by atoms with Crippen molar-refractivity contribution in [3.8, 4) is 0 Å². The van der Waals surface area contributed by atoms with E-state index >= 15 is 0 Å². The van der Waals surface area contributed by atoms with Crippen LogP contribution in [0.5, 0.6) is 0 Å². The number of nitrogens with one attached hydrogen (secondary N) is 1. The fourth-order valence-corrected chi connectivity index (χ4v) is 3.88. The molecule has 0 saturated heterocycles. The minimum Gasteiger partial charge on any atom is -0.550 e. The number of hydrogen-bond donors (Lipinski definition) is 1. The molecule has 0 radical (unpaired) electrons. The molecule has 5 nitrogen and oxygen atoms in total. The summed E-state index contributed by atoms with van der Waals surface area (Å²) in [6, 6.07) is 9.21. The Hall–Kier alpha value is -2.69. The molecule has 23 heavy (non-hydrogen) atoms. The first kappa shape index (κ1) is 13.9. The molecular formula is C18H15N2O3-. The van der Waals surface area contributed by atoms with Gasteiger partial charge >= 0.3 is 0 Å². The second-order valence-corrected chi connectivity index (χ2v) is 6.22. The number of fused-ring (bicyclic) bond motifs is 3. The highest BCUT2D eigenvalue weighted by atomic mass is 16.4. The maximum absolute atomic E-state index is 12.6. The summed E-state index contributed by atoms with van der Waals surface area (Å²) < 4.78 is 0. The molecule has 0 aliphatic heterocycles. The van der Waals surface area contributed by atoms with Gasteiger partial charge in [0.05, 0.1) is 11.4 Å². The van der Waals surface area contributed by atoms with Crippen molar-refractivity contribution in [2.75, 3.05) is 5.32 Å². The Bertz CT molecular complexity index is 830. The number of hydrogen-bond acceptors (Lipinski definition) is 4. The van der Waals surface area contributed by atoms with Crippen molar-refractivity contribution in [2.24, 2.45) is 23.7 Å². The van der Waals surface area contributed by atoms with Crippen LogP contribution in [0.4, 0.5) is 5.69 Å². The molecule has 2 bridgehead atoms. The van der Waals surface area contributed by atoms with Crippen LogP contribution >= 0.6 is 0 Å². The number of anilines is 1. The molecule has 1 amide bonds. The number of aromatic nitrogens is 1. The third-order valence-electron chi connectivity index (χ3n) is 4.90. The predicted molar refractivity (Wildman–Crippen MR) is 83.1 cm³/mol. The molecule has 0 spiro atoms. The number of amides is 1. The van der Waals surface area contributed by atoms with Crippen LogP contribution in [0, 0.1) is 23.7 Å². The smallest absolute Gasteiger partial charge is 0.228 e. The molecule has 0 unspecified atom stereocenters. The lowest BCUT2D eigenvalue weighted by atomic mass is 9.82. The van der Waals surface area contributed by atoms with Crippen LogP contribution in [0.3, 0.4) is 0 Å². The Labute approximate surface area is 133 Å². The van der Waals surface area contributed by atoms with E-state index in [1.54, 1.807) is 12.3 Å². The van der Waals surface area contributed by atoms with E-state index in [1.165, 1.54) is 0 Å². The highest BCUT2D eigenvalue weighted by Gasteiger charge is 2.48. The van der Waals surface area contributed by atoms with Gasteiger partial charge in [-0.2, -0.15) is 0 Å². The van der Waals surface area contributed by atoms with E-state index < -0.39 is 17.8 Å². The second kappa shape index (κ2) is 5.19. The summed E-state index contributed by atoms with van der Waals surface area (Å²) in [6.07, 6.45) is 6.29. The third kappa shape index (κ3) is 2.29. The summed E-state index contributed by atoms with van der Waals surface area (Å²) >= 11 is 0. The quantitative estimate of drug-likeness (QED) is 0.868. The van der Waals surface area contributed by atoms with Gasteiger partial charge < -0.3 is 15.2 Å². The number of pyridine rings is 1. The van der Waals surface area contributed by atoms with E-state index in [2.05, 4.69) is 10.3 Å². The zero-order valence-electron chi connectivity index (χ0n) is 12.3. The van der Waals surface area contributed by atoms with Gasteiger partial charge in [-0.3, -0.25) is 9.78 Å². The molecule has 2 aliphatic rings. The second-order valence-electron chi connectivity index (χ2n) is 6.22. The zero-order chi connectivity index (χ0) is 16.0. The molecule has 1 aromatic heterocycles. The predicted octanol–water partition coefficient (Wildman–Crippen LogP) is 1.36. The van der Waals surface area contributed by atoms with Crippen LogP contribution in [0.15, 0.2) is 48.7 Å². The lowest BCUT2D eigenvalue weighted by Crippen LogP contribution is -2.42. The molecule has 2 aromatic rings. The number of allylic oxidation sites excluding steroid dienone is 2. The average molecular weight is 307 g/mol. The molecule has 1 N–H and O–H groups in total. The van der Waals surface area contributed by atoms with E-state index in [1.807, 2.05) is 36.4 Å². The van der Waals surface area contributed by atoms with Crippen LogP contribution in [-0.4, -0.2) is 16.9 Å². The van der Waals surface area contributed by atoms with Gasteiger partial charge in [0.1, 0.15) is 0 Å². The fraction of sp³-hybridized carbons (Fsp3) is 0.278. The van der Waals surface area contributed by atoms with E-state index in [-0.39, 0.29) is 17.7 Å². The van der Waals surface area contributed by atoms with Crippen molar-refractivity contribution in [1.29, 1.82) is 0 Å². The minimum absolute atomic E-state index is 0.00924. The minimum atomic E-state index is -1.13. The molecule has 4 rings (SSSR count). The van der Waals surface area contributed by atoms with Crippen LogP contribution in [0.2, 0.25) is 0 Å². The molecular weight excluding hydrogens is 292 g/mol. The molecule has 116 valence electrons. The molecule has 4 atom stereocenters. The lowest BCUT2D eigenvalue weighted by Gasteiger charge is -2.27. The number of carboxylic acid groups (broad SMARTS) is 1. The van der Waals surface area contributed by atoms with Crippen molar-refractivity contribution < 1.29 is 14.7 Å². The van der Waals surface area contributed by atoms with Crippen molar-refractivity contribution in [1.82, 2.24) is 4.98 Å². The molecule has 5 heteroatoms. The molecule has 1 aromatic carbocycles. The number of aliphatic carboxylic acids is 1. The highest BCUT2D eigenvalue weighted by Crippen LogP contribution is 2.48. The standard InChI is InChI=1S/C18H16N2O3/c21-17(15-11-3-4-12(8-11)16(15)18(22)23)20-13-5-6-14-10(9-13)2-1-7-19-14/h1-7,9,11-12,15-16H,8H2,(H,20,21)(H,22,23)/p-1/t11-,12-,15+,16-/m0/s1. The molecule has 1 saturated carbocycles.